The summed E-state index contributed by atoms with van der Waals surface area (Å²) in [5.74, 6) is -0.663. The Morgan fingerprint density at radius 2 is 1.55 bits per heavy atom. The van der Waals surface area contributed by atoms with Crippen LogP contribution in [0.1, 0.15) is 40.0 Å². The molecular formula is C29H44N3O11P. The number of hydrogen-bond acceptors (Lipinski definition) is 11. The third-order valence-electron chi connectivity index (χ3n) is 6.46. The maximum atomic E-state index is 12.1. The van der Waals surface area contributed by atoms with E-state index in [2.05, 4.69) is 24.3 Å². The highest BCUT2D eigenvalue weighted by atomic mass is 31.2. The number of ether oxygens (including phenoxy) is 5. The number of aliphatic hydroxyl groups excluding tert-OH is 1. The molecule has 1 aromatic rings. The molecule has 2 aliphatic rings. The van der Waals surface area contributed by atoms with Gasteiger partial charge in [-0.3, -0.25) is 19.0 Å². The number of fused-ring (bicyclic) bond motifs is 1. The minimum atomic E-state index is -3.93. The van der Waals surface area contributed by atoms with Crippen molar-refractivity contribution >= 4 is 25.2 Å². The first-order valence-corrected chi connectivity index (χ1v) is 15.6. The molecule has 6 N–H and O–H groups in total. The Balaban J connectivity index is 0.000000307. The van der Waals surface area contributed by atoms with Crippen LogP contribution in [-0.2, 0) is 32.8 Å². The van der Waals surface area contributed by atoms with E-state index >= 15 is 0 Å². The Kier molecular flexibility index (Phi) is 16.1. The summed E-state index contributed by atoms with van der Waals surface area (Å²) < 4.78 is 43.1. The van der Waals surface area contributed by atoms with Gasteiger partial charge in [-0.15, -0.1) is 19.7 Å². The summed E-state index contributed by atoms with van der Waals surface area (Å²) in [7, 11) is -2.37. The number of aliphatic hydroxyl groups is 1. The lowest BCUT2D eigenvalue weighted by atomic mass is 9.98. The van der Waals surface area contributed by atoms with Crippen molar-refractivity contribution in [3.8, 4) is 0 Å². The number of methoxy groups -OCH3 is 1. The number of amides is 2. The van der Waals surface area contributed by atoms with E-state index in [1.807, 2.05) is 0 Å². The summed E-state index contributed by atoms with van der Waals surface area (Å²) in [6.45, 7) is 12.4. The van der Waals surface area contributed by atoms with E-state index in [-0.39, 0.29) is 38.2 Å². The first kappa shape index (κ1) is 37.4. The van der Waals surface area contributed by atoms with Crippen molar-refractivity contribution in [2.75, 3.05) is 52.4 Å². The third-order valence-corrected chi connectivity index (χ3v) is 7.01. The van der Waals surface area contributed by atoms with Crippen LogP contribution in [0.25, 0.3) is 0 Å². The zero-order valence-electron chi connectivity index (χ0n) is 25.0. The number of benzene rings is 1. The predicted octanol–water partition coefficient (Wildman–Crippen LogP) is 2.17. The number of nitrogens with zero attached hydrogens (tertiary/aromatic N) is 1. The maximum absolute atomic E-state index is 12.1. The van der Waals surface area contributed by atoms with Crippen LogP contribution in [0.2, 0.25) is 0 Å². The summed E-state index contributed by atoms with van der Waals surface area (Å²) in [5.41, 5.74) is 11.6. The standard InChI is InChI=1S/C16H26O6.C13H18N3O5P/c1-5-8-19-13-12(11-18-4)22-16(17)15(21-10-7-3)14(13)20-9-6-2;14-9-4-5-10-11(8-9)13(18)16(12(10)17)6-2-1-3-7-21-22(15,19)20/h5-7,12-17H,1-3,8-11H2,4H3;4-5,8H,1-3,6-7,14H2,(H3,15,19,20)/t12-,13+,14+,15-,16-;/m1./s1. The molecule has 1 aromatic carbocycles. The van der Waals surface area contributed by atoms with E-state index in [0.29, 0.717) is 49.3 Å². The van der Waals surface area contributed by atoms with Crippen LogP contribution in [-0.4, -0.2) is 104 Å². The van der Waals surface area contributed by atoms with Crippen molar-refractivity contribution in [3.63, 3.8) is 0 Å². The fourth-order valence-electron chi connectivity index (χ4n) is 4.56. The van der Waals surface area contributed by atoms with Crippen LogP contribution in [0.4, 0.5) is 5.69 Å². The molecule has 2 amide bonds. The van der Waals surface area contributed by atoms with Gasteiger partial charge >= 0.3 is 7.75 Å². The van der Waals surface area contributed by atoms with Crippen molar-refractivity contribution < 1.29 is 52.4 Å². The van der Waals surface area contributed by atoms with Gasteiger partial charge in [0.15, 0.2) is 6.29 Å². The molecule has 2 heterocycles. The van der Waals surface area contributed by atoms with E-state index in [1.165, 1.54) is 11.0 Å². The summed E-state index contributed by atoms with van der Waals surface area (Å²) >= 11 is 0. The molecule has 246 valence electrons. The molecule has 0 aliphatic carbocycles. The zero-order valence-corrected chi connectivity index (χ0v) is 25.8. The van der Waals surface area contributed by atoms with E-state index < -0.39 is 38.5 Å². The first-order valence-electron chi connectivity index (χ1n) is 14.0. The van der Waals surface area contributed by atoms with Gasteiger partial charge in [-0.05, 0) is 37.5 Å². The van der Waals surface area contributed by atoms with Gasteiger partial charge in [0.25, 0.3) is 11.8 Å². The Bertz CT molecular complexity index is 1160. The largest absolute Gasteiger partial charge is 0.400 e. The SMILES string of the molecule is C=CCO[C@@H]1[C@@H](OCC=C)[C@H](O)O[C@H](COC)[C@@H]1OCC=C.Nc1ccc2c(c1)C(=O)N(CCCCCOP(N)(=O)O)C2=O. The second-order valence-corrected chi connectivity index (χ2v) is 11.2. The van der Waals surface area contributed by atoms with Crippen molar-refractivity contribution in [1.29, 1.82) is 0 Å². The Labute approximate surface area is 257 Å². The fraction of sp³-hybridized carbons (Fsp3) is 0.517. The minimum Gasteiger partial charge on any atom is -0.399 e. The molecule has 0 radical (unpaired) electrons. The molecule has 44 heavy (non-hydrogen) atoms. The monoisotopic (exact) mass is 641 g/mol. The lowest BCUT2D eigenvalue weighted by molar-refractivity contribution is -0.307. The number of carbonyl (C=O) groups is 2. The van der Waals surface area contributed by atoms with Gasteiger partial charge in [0.1, 0.15) is 24.4 Å². The molecule has 6 atom stereocenters. The van der Waals surface area contributed by atoms with E-state index in [4.69, 9.17) is 39.8 Å². The highest BCUT2D eigenvalue weighted by molar-refractivity contribution is 7.50. The smallest absolute Gasteiger partial charge is 0.399 e. The van der Waals surface area contributed by atoms with Crippen LogP contribution in [0.3, 0.4) is 0 Å². The molecule has 2 aliphatic heterocycles. The van der Waals surface area contributed by atoms with Gasteiger partial charge in [0, 0.05) is 19.3 Å². The van der Waals surface area contributed by atoms with Gasteiger partial charge in [-0.25, -0.2) is 10.1 Å². The highest BCUT2D eigenvalue weighted by Gasteiger charge is 2.47. The number of imide groups is 1. The van der Waals surface area contributed by atoms with Gasteiger partial charge in [-0.1, -0.05) is 18.2 Å². The minimum absolute atomic E-state index is 0.0585. The number of hydrogen-bond donors (Lipinski definition) is 4. The summed E-state index contributed by atoms with van der Waals surface area (Å²) in [5, 5.41) is 10.2. The van der Waals surface area contributed by atoms with Gasteiger partial charge in [0.05, 0.1) is 44.2 Å². The van der Waals surface area contributed by atoms with Crippen LogP contribution < -0.4 is 11.2 Å². The molecule has 0 spiro atoms. The van der Waals surface area contributed by atoms with Crippen LogP contribution in [0.5, 0.6) is 0 Å². The normalized spacial score (nSPS) is 24.2. The molecular weight excluding hydrogens is 597 g/mol. The van der Waals surface area contributed by atoms with Gasteiger partial charge < -0.3 is 39.4 Å². The first-order chi connectivity index (χ1) is 21.0. The van der Waals surface area contributed by atoms with Gasteiger partial charge in [-0.2, -0.15) is 0 Å². The Morgan fingerprint density at radius 1 is 0.955 bits per heavy atom. The van der Waals surface area contributed by atoms with Gasteiger partial charge in [0.2, 0.25) is 0 Å². The molecule has 1 fully saturated rings. The molecule has 0 bridgehead atoms. The number of carbonyl (C=O) groups excluding carboxylic acids is 2. The average Bonchev–Trinajstić information content (AvgIpc) is 3.20. The summed E-state index contributed by atoms with van der Waals surface area (Å²) in [6, 6.07) is 4.65. The van der Waals surface area contributed by atoms with Crippen molar-refractivity contribution in [2.45, 2.75) is 50.0 Å². The predicted molar refractivity (Wildman–Crippen MR) is 163 cm³/mol. The molecule has 1 unspecified atom stereocenters. The van der Waals surface area contributed by atoms with Crippen LogP contribution in [0.15, 0.2) is 56.2 Å². The van der Waals surface area contributed by atoms with Crippen molar-refractivity contribution in [2.24, 2.45) is 5.50 Å². The maximum Gasteiger partial charge on any atom is 0.400 e. The van der Waals surface area contributed by atoms with Crippen LogP contribution in [0, 0.1) is 0 Å². The average molecular weight is 642 g/mol. The Hall–Kier alpha value is -2.75. The quantitative estimate of drug-likeness (QED) is 0.0598. The summed E-state index contributed by atoms with van der Waals surface area (Å²) in [6.07, 6.45) is 3.29. The van der Waals surface area contributed by atoms with Crippen molar-refractivity contribution in [3.05, 3.63) is 67.3 Å². The lowest BCUT2D eigenvalue weighted by Crippen LogP contribution is -2.61. The van der Waals surface area contributed by atoms with E-state index in [0.717, 1.165) is 0 Å². The van der Waals surface area contributed by atoms with Crippen LogP contribution >= 0.6 is 7.75 Å². The number of unbranched alkanes of at least 4 members (excludes halogenated alkanes) is 2. The van der Waals surface area contributed by atoms with E-state index in [9.17, 15) is 19.3 Å². The van der Waals surface area contributed by atoms with Crippen molar-refractivity contribution in [1.82, 2.24) is 4.90 Å². The highest BCUT2D eigenvalue weighted by Crippen LogP contribution is 2.31. The topological polar surface area (TPSA) is 202 Å². The number of rotatable bonds is 18. The molecule has 0 aromatic heterocycles. The second-order valence-electron chi connectivity index (χ2n) is 9.81. The molecule has 0 saturated carbocycles. The zero-order chi connectivity index (χ0) is 32.7. The number of nitrogens with two attached hydrogens (primary N) is 2. The van der Waals surface area contributed by atoms with E-state index in [1.54, 1.807) is 37.5 Å². The summed E-state index contributed by atoms with van der Waals surface area (Å²) in [4.78, 5) is 34.2. The fourth-order valence-corrected chi connectivity index (χ4v) is 4.95. The number of anilines is 1. The molecule has 14 nitrogen and oxygen atoms in total. The molecule has 15 heteroatoms. The molecule has 1 saturated heterocycles. The number of nitrogen functional groups attached to an aromatic ring is 1. The lowest BCUT2D eigenvalue weighted by Gasteiger charge is -2.44. The third kappa shape index (κ3) is 11.3. The second kappa shape index (κ2) is 18.9. The Morgan fingerprint density at radius 3 is 2.14 bits per heavy atom. The molecule has 3 rings (SSSR count).